The number of nitrogens with zero attached hydrogens (tertiary/aromatic N) is 2. The number of hydrogen-bond acceptors (Lipinski definition) is 5. The van der Waals surface area contributed by atoms with Crippen LogP contribution in [0.5, 0.6) is 0 Å². The van der Waals surface area contributed by atoms with Gasteiger partial charge in [-0.25, -0.2) is 4.79 Å². The van der Waals surface area contributed by atoms with Crippen molar-refractivity contribution in [2.75, 3.05) is 13.2 Å². The highest BCUT2D eigenvalue weighted by molar-refractivity contribution is 5.94. The second kappa shape index (κ2) is 4.81. The molecule has 6 nitrogen and oxygen atoms in total. The fourth-order valence-electron chi connectivity index (χ4n) is 2.10. The Labute approximate surface area is 109 Å². The summed E-state index contributed by atoms with van der Waals surface area (Å²) in [5, 5.41) is 13.1. The van der Waals surface area contributed by atoms with Crippen molar-refractivity contribution >= 4 is 5.97 Å². The van der Waals surface area contributed by atoms with Gasteiger partial charge in [-0.2, -0.15) is 4.98 Å². The van der Waals surface area contributed by atoms with Crippen molar-refractivity contribution in [1.82, 2.24) is 10.1 Å². The topological polar surface area (TPSA) is 85.5 Å². The Morgan fingerprint density at radius 1 is 1.37 bits per heavy atom. The zero-order chi connectivity index (χ0) is 13.2. The van der Waals surface area contributed by atoms with Crippen molar-refractivity contribution in [2.24, 2.45) is 0 Å². The van der Waals surface area contributed by atoms with E-state index in [2.05, 4.69) is 10.1 Å². The van der Waals surface area contributed by atoms with E-state index in [0.29, 0.717) is 24.6 Å². The van der Waals surface area contributed by atoms with Crippen LogP contribution in [-0.4, -0.2) is 34.4 Å². The zero-order valence-corrected chi connectivity index (χ0v) is 10.1. The molecular weight excluding hydrogens is 248 g/mol. The standard InChI is InChI=1S/C13H12N2O4/c16-13(17)10-4-2-1-3-9(10)12-14-11(15-19-12)8-5-6-18-7-8/h1-4,8H,5-7H2,(H,16,17). The summed E-state index contributed by atoms with van der Waals surface area (Å²) in [5.41, 5.74) is 0.591. The van der Waals surface area contributed by atoms with E-state index in [1.807, 2.05) is 0 Å². The molecule has 0 aliphatic carbocycles. The van der Waals surface area contributed by atoms with Gasteiger partial charge in [0.1, 0.15) is 0 Å². The number of rotatable bonds is 3. The Morgan fingerprint density at radius 2 is 2.21 bits per heavy atom. The molecule has 1 fully saturated rings. The van der Waals surface area contributed by atoms with Crippen LogP contribution < -0.4 is 0 Å². The lowest BCUT2D eigenvalue weighted by Crippen LogP contribution is -2.01. The van der Waals surface area contributed by atoms with E-state index in [4.69, 9.17) is 14.4 Å². The van der Waals surface area contributed by atoms with Gasteiger partial charge in [0, 0.05) is 12.5 Å². The van der Waals surface area contributed by atoms with Crippen LogP contribution in [0.1, 0.15) is 28.5 Å². The predicted molar refractivity (Wildman–Crippen MR) is 64.9 cm³/mol. The highest BCUT2D eigenvalue weighted by Crippen LogP contribution is 2.27. The summed E-state index contributed by atoms with van der Waals surface area (Å²) >= 11 is 0. The summed E-state index contributed by atoms with van der Waals surface area (Å²) in [4.78, 5) is 15.4. The average Bonchev–Trinajstić information content (AvgIpc) is 3.09. The second-order valence-electron chi connectivity index (χ2n) is 4.37. The summed E-state index contributed by atoms with van der Waals surface area (Å²) in [5.74, 6) is -0.0679. The molecule has 0 amide bonds. The molecule has 19 heavy (non-hydrogen) atoms. The smallest absolute Gasteiger partial charge is 0.336 e. The maximum atomic E-state index is 11.1. The number of benzene rings is 1. The van der Waals surface area contributed by atoms with Crippen molar-refractivity contribution in [1.29, 1.82) is 0 Å². The van der Waals surface area contributed by atoms with Crippen LogP contribution in [0.4, 0.5) is 0 Å². The maximum absolute atomic E-state index is 11.1. The maximum Gasteiger partial charge on any atom is 0.336 e. The third-order valence-corrected chi connectivity index (χ3v) is 3.12. The first-order valence-electron chi connectivity index (χ1n) is 6.00. The molecule has 3 rings (SSSR count). The molecule has 0 saturated carbocycles. The monoisotopic (exact) mass is 260 g/mol. The van der Waals surface area contributed by atoms with Crippen LogP contribution in [0.15, 0.2) is 28.8 Å². The van der Waals surface area contributed by atoms with E-state index in [9.17, 15) is 4.79 Å². The lowest BCUT2D eigenvalue weighted by molar-refractivity contribution is 0.0697. The zero-order valence-electron chi connectivity index (χ0n) is 10.1. The Balaban J connectivity index is 1.96. The van der Waals surface area contributed by atoms with Crippen molar-refractivity contribution in [2.45, 2.75) is 12.3 Å². The van der Waals surface area contributed by atoms with Gasteiger partial charge >= 0.3 is 5.97 Å². The van der Waals surface area contributed by atoms with Gasteiger partial charge in [0.25, 0.3) is 5.89 Å². The summed E-state index contributed by atoms with van der Waals surface area (Å²) in [6, 6.07) is 6.57. The molecule has 0 bridgehead atoms. The van der Waals surface area contributed by atoms with Gasteiger partial charge in [-0.15, -0.1) is 0 Å². The van der Waals surface area contributed by atoms with Crippen molar-refractivity contribution < 1.29 is 19.2 Å². The minimum atomic E-state index is -1.01. The molecule has 1 saturated heterocycles. The number of hydrogen-bond donors (Lipinski definition) is 1. The molecule has 1 N–H and O–H groups in total. The van der Waals surface area contributed by atoms with Gasteiger partial charge in [-0.05, 0) is 18.6 Å². The summed E-state index contributed by atoms with van der Waals surface area (Å²) in [6.45, 7) is 1.28. The third kappa shape index (κ3) is 2.22. The fourth-order valence-corrected chi connectivity index (χ4v) is 2.10. The van der Waals surface area contributed by atoms with E-state index in [1.54, 1.807) is 18.2 Å². The van der Waals surface area contributed by atoms with Crippen LogP contribution in [0.2, 0.25) is 0 Å². The van der Waals surface area contributed by atoms with Crippen molar-refractivity contribution in [3.8, 4) is 11.5 Å². The molecule has 1 aromatic carbocycles. The molecular formula is C13H12N2O4. The van der Waals surface area contributed by atoms with Crippen LogP contribution in [0.25, 0.3) is 11.5 Å². The van der Waals surface area contributed by atoms with E-state index in [-0.39, 0.29) is 17.4 Å². The van der Waals surface area contributed by atoms with Crippen molar-refractivity contribution in [3.05, 3.63) is 35.7 Å². The lowest BCUT2D eigenvalue weighted by atomic mass is 10.1. The van der Waals surface area contributed by atoms with Gasteiger partial charge in [-0.3, -0.25) is 0 Å². The SMILES string of the molecule is O=C(O)c1ccccc1-c1nc(C2CCOC2)no1. The van der Waals surface area contributed by atoms with Gasteiger partial charge in [0.05, 0.1) is 17.7 Å². The predicted octanol–water partition coefficient (Wildman–Crippen LogP) is 1.94. The summed E-state index contributed by atoms with van der Waals surface area (Å²) in [7, 11) is 0. The number of aromatic nitrogens is 2. The van der Waals surface area contributed by atoms with Crippen LogP contribution >= 0.6 is 0 Å². The molecule has 0 radical (unpaired) electrons. The van der Waals surface area contributed by atoms with E-state index < -0.39 is 5.97 Å². The first kappa shape index (κ1) is 11.9. The van der Waals surface area contributed by atoms with Crippen molar-refractivity contribution in [3.63, 3.8) is 0 Å². The highest BCUT2D eigenvalue weighted by Gasteiger charge is 2.24. The normalized spacial score (nSPS) is 18.6. The summed E-state index contributed by atoms with van der Waals surface area (Å²) < 4.78 is 10.4. The molecule has 1 aliphatic heterocycles. The van der Waals surface area contributed by atoms with Crippen LogP contribution in [0.3, 0.4) is 0 Å². The molecule has 1 atom stereocenters. The molecule has 0 spiro atoms. The highest BCUT2D eigenvalue weighted by atomic mass is 16.5. The Kier molecular flexibility index (Phi) is 3.00. The van der Waals surface area contributed by atoms with Gasteiger partial charge < -0.3 is 14.4 Å². The molecule has 6 heteroatoms. The van der Waals surface area contributed by atoms with E-state index in [1.165, 1.54) is 6.07 Å². The quantitative estimate of drug-likeness (QED) is 0.907. The molecule has 1 aromatic heterocycles. The Bertz CT molecular complexity index is 602. The third-order valence-electron chi connectivity index (χ3n) is 3.12. The van der Waals surface area contributed by atoms with Crippen LogP contribution in [-0.2, 0) is 4.74 Å². The Morgan fingerprint density at radius 3 is 2.95 bits per heavy atom. The molecule has 98 valence electrons. The van der Waals surface area contributed by atoms with E-state index in [0.717, 1.165) is 6.42 Å². The summed E-state index contributed by atoms with van der Waals surface area (Å²) in [6.07, 6.45) is 0.861. The van der Waals surface area contributed by atoms with Crippen LogP contribution in [0, 0.1) is 0 Å². The fraction of sp³-hybridized carbons (Fsp3) is 0.308. The minimum Gasteiger partial charge on any atom is -0.478 e. The first-order valence-corrected chi connectivity index (χ1v) is 6.00. The molecule has 1 aliphatic rings. The number of ether oxygens (including phenoxy) is 1. The van der Waals surface area contributed by atoms with Gasteiger partial charge in [0.2, 0.25) is 0 Å². The largest absolute Gasteiger partial charge is 0.478 e. The molecule has 1 unspecified atom stereocenters. The number of aromatic carboxylic acids is 1. The minimum absolute atomic E-state index is 0.134. The first-order chi connectivity index (χ1) is 9.25. The van der Waals surface area contributed by atoms with Gasteiger partial charge in [0.15, 0.2) is 5.82 Å². The second-order valence-corrected chi connectivity index (χ2v) is 4.37. The average molecular weight is 260 g/mol. The number of carboxylic acid groups (broad SMARTS) is 1. The molecule has 2 aromatic rings. The Hall–Kier alpha value is -2.21. The number of carbonyl (C=O) groups is 1. The van der Waals surface area contributed by atoms with E-state index >= 15 is 0 Å². The lowest BCUT2D eigenvalue weighted by Gasteiger charge is -2.00. The molecule has 2 heterocycles. The number of carboxylic acids is 1. The van der Waals surface area contributed by atoms with Gasteiger partial charge in [-0.1, -0.05) is 17.3 Å².